The van der Waals surface area contributed by atoms with E-state index in [4.69, 9.17) is 0 Å². The summed E-state index contributed by atoms with van der Waals surface area (Å²) in [6, 6.07) is 8.08. The molecule has 1 amide bonds. The predicted octanol–water partition coefficient (Wildman–Crippen LogP) is 2.92. The van der Waals surface area contributed by atoms with Gasteiger partial charge in [0.1, 0.15) is 0 Å². The lowest BCUT2D eigenvalue weighted by atomic mass is 10.2. The SMILES string of the molecule is Cc1c(C(=O)N(C)C2CCSC2)nnn1-c1cccc(Br)c1. The smallest absolute Gasteiger partial charge is 0.276 e. The third-order valence-corrected chi connectivity index (χ3v) is 5.56. The van der Waals surface area contributed by atoms with Crippen LogP contribution in [0.25, 0.3) is 5.69 Å². The van der Waals surface area contributed by atoms with Crippen molar-refractivity contribution in [2.45, 2.75) is 19.4 Å². The van der Waals surface area contributed by atoms with Crippen molar-refractivity contribution in [3.63, 3.8) is 0 Å². The van der Waals surface area contributed by atoms with Gasteiger partial charge in [0.05, 0.1) is 11.4 Å². The van der Waals surface area contributed by atoms with Gasteiger partial charge in [0.25, 0.3) is 5.91 Å². The van der Waals surface area contributed by atoms with E-state index in [1.165, 1.54) is 0 Å². The largest absolute Gasteiger partial charge is 0.336 e. The highest BCUT2D eigenvalue weighted by atomic mass is 79.9. The Labute approximate surface area is 142 Å². The maximum Gasteiger partial charge on any atom is 0.276 e. The van der Waals surface area contributed by atoms with Gasteiger partial charge in [-0.25, -0.2) is 4.68 Å². The molecule has 22 heavy (non-hydrogen) atoms. The third kappa shape index (κ3) is 2.92. The van der Waals surface area contributed by atoms with E-state index in [0.29, 0.717) is 11.7 Å². The summed E-state index contributed by atoms with van der Waals surface area (Å²) in [6.45, 7) is 1.88. The normalized spacial score (nSPS) is 17.7. The summed E-state index contributed by atoms with van der Waals surface area (Å²) in [5.41, 5.74) is 2.08. The van der Waals surface area contributed by atoms with Gasteiger partial charge < -0.3 is 4.90 Å². The Balaban J connectivity index is 1.88. The monoisotopic (exact) mass is 380 g/mol. The van der Waals surface area contributed by atoms with Crippen LogP contribution in [0.3, 0.4) is 0 Å². The Morgan fingerprint density at radius 1 is 1.50 bits per heavy atom. The number of aromatic nitrogens is 3. The Morgan fingerprint density at radius 2 is 2.32 bits per heavy atom. The maximum atomic E-state index is 12.7. The van der Waals surface area contributed by atoms with Crippen LogP contribution in [-0.4, -0.2) is 50.4 Å². The summed E-state index contributed by atoms with van der Waals surface area (Å²) in [5, 5.41) is 8.26. The van der Waals surface area contributed by atoms with Crippen molar-refractivity contribution in [1.29, 1.82) is 0 Å². The molecule has 0 spiro atoms. The zero-order valence-corrected chi connectivity index (χ0v) is 14.9. The average molecular weight is 381 g/mol. The second kappa shape index (κ2) is 6.42. The molecule has 7 heteroatoms. The molecule has 1 atom stereocenters. The first-order chi connectivity index (χ1) is 10.6. The Bertz CT molecular complexity index is 697. The van der Waals surface area contributed by atoms with Crippen molar-refractivity contribution in [3.05, 3.63) is 40.1 Å². The van der Waals surface area contributed by atoms with Gasteiger partial charge in [-0.2, -0.15) is 11.8 Å². The second-order valence-corrected chi connectivity index (χ2v) is 7.41. The first-order valence-corrected chi connectivity index (χ1v) is 9.06. The third-order valence-electron chi connectivity index (χ3n) is 3.92. The van der Waals surface area contributed by atoms with Crippen LogP contribution in [0.4, 0.5) is 0 Å². The molecular weight excluding hydrogens is 364 g/mol. The number of hydrogen-bond acceptors (Lipinski definition) is 4. The molecule has 1 unspecified atom stereocenters. The first kappa shape index (κ1) is 15.6. The molecular formula is C15H17BrN4OS. The van der Waals surface area contributed by atoms with Crippen molar-refractivity contribution < 1.29 is 4.79 Å². The highest BCUT2D eigenvalue weighted by molar-refractivity contribution is 9.10. The van der Waals surface area contributed by atoms with Crippen molar-refractivity contribution in [2.75, 3.05) is 18.6 Å². The Hall–Kier alpha value is -1.34. The molecule has 3 rings (SSSR count). The summed E-state index contributed by atoms with van der Waals surface area (Å²) in [5.74, 6) is 2.07. The molecule has 2 aromatic rings. The molecule has 1 aromatic heterocycles. The molecule has 1 aliphatic heterocycles. The van der Waals surface area contributed by atoms with E-state index in [-0.39, 0.29) is 5.91 Å². The number of carbonyl (C=O) groups is 1. The van der Waals surface area contributed by atoms with Gasteiger partial charge in [0.2, 0.25) is 0 Å². The van der Waals surface area contributed by atoms with E-state index in [0.717, 1.165) is 33.8 Å². The molecule has 1 aliphatic rings. The second-order valence-electron chi connectivity index (χ2n) is 5.35. The maximum absolute atomic E-state index is 12.7. The van der Waals surface area contributed by atoms with Crippen LogP contribution < -0.4 is 0 Å². The summed E-state index contributed by atoms with van der Waals surface area (Å²) < 4.78 is 2.67. The number of halogens is 1. The zero-order valence-electron chi connectivity index (χ0n) is 12.5. The molecule has 1 saturated heterocycles. The van der Waals surface area contributed by atoms with Crippen LogP contribution in [0.2, 0.25) is 0 Å². The lowest BCUT2D eigenvalue weighted by Gasteiger charge is -2.22. The van der Waals surface area contributed by atoms with Gasteiger partial charge >= 0.3 is 0 Å². The quantitative estimate of drug-likeness (QED) is 0.821. The number of rotatable bonds is 3. The Morgan fingerprint density at radius 3 is 3.00 bits per heavy atom. The van der Waals surface area contributed by atoms with Gasteiger partial charge in [0, 0.05) is 23.3 Å². The minimum Gasteiger partial charge on any atom is -0.336 e. The first-order valence-electron chi connectivity index (χ1n) is 7.11. The molecule has 1 aromatic carbocycles. The van der Waals surface area contributed by atoms with Crippen LogP contribution in [0.5, 0.6) is 0 Å². The van der Waals surface area contributed by atoms with Gasteiger partial charge in [-0.1, -0.05) is 27.2 Å². The van der Waals surface area contributed by atoms with Gasteiger partial charge in [-0.15, -0.1) is 5.10 Å². The summed E-state index contributed by atoms with van der Waals surface area (Å²) in [4.78, 5) is 14.5. The number of thioether (sulfide) groups is 1. The van der Waals surface area contributed by atoms with Crippen LogP contribution >= 0.6 is 27.7 Å². The fourth-order valence-corrected chi connectivity index (χ4v) is 4.20. The van der Waals surface area contributed by atoms with E-state index >= 15 is 0 Å². The van der Waals surface area contributed by atoms with Gasteiger partial charge in [-0.3, -0.25) is 4.79 Å². The van der Waals surface area contributed by atoms with Crippen LogP contribution in [0.15, 0.2) is 28.7 Å². The highest BCUT2D eigenvalue weighted by Crippen LogP contribution is 2.23. The Kier molecular flexibility index (Phi) is 4.54. The van der Waals surface area contributed by atoms with E-state index in [1.54, 1.807) is 4.68 Å². The fraction of sp³-hybridized carbons (Fsp3) is 0.400. The number of benzene rings is 1. The number of carbonyl (C=O) groups excluding carboxylic acids is 1. The highest BCUT2D eigenvalue weighted by Gasteiger charge is 2.28. The van der Waals surface area contributed by atoms with Crippen molar-refractivity contribution in [1.82, 2.24) is 19.9 Å². The van der Waals surface area contributed by atoms with E-state index < -0.39 is 0 Å². The molecule has 0 N–H and O–H groups in total. The minimum atomic E-state index is -0.0498. The lowest BCUT2D eigenvalue weighted by Crippen LogP contribution is -2.37. The van der Waals surface area contributed by atoms with Crippen molar-refractivity contribution in [2.24, 2.45) is 0 Å². The van der Waals surface area contributed by atoms with Crippen molar-refractivity contribution in [3.8, 4) is 5.69 Å². The minimum absolute atomic E-state index is 0.0498. The molecule has 0 saturated carbocycles. The molecule has 0 radical (unpaired) electrons. The zero-order chi connectivity index (χ0) is 15.7. The lowest BCUT2D eigenvalue weighted by molar-refractivity contribution is 0.0741. The van der Waals surface area contributed by atoms with Crippen LogP contribution in [-0.2, 0) is 0 Å². The molecule has 2 heterocycles. The summed E-state index contributed by atoms with van der Waals surface area (Å²) >= 11 is 5.34. The van der Waals surface area contributed by atoms with Crippen LogP contribution in [0, 0.1) is 6.92 Å². The van der Waals surface area contributed by atoms with Crippen molar-refractivity contribution >= 4 is 33.6 Å². The topological polar surface area (TPSA) is 51.0 Å². The van der Waals surface area contributed by atoms with E-state index in [1.807, 2.05) is 54.9 Å². The molecule has 0 bridgehead atoms. The standard InChI is InChI=1S/C15H17BrN4OS/c1-10-14(15(21)19(2)13-6-7-22-9-13)17-18-20(10)12-5-3-4-11(16)8-12/h3-5,8,13H,6-7,9H2,1-2H3. The molecule has 0 aliphatic carbocycles. The fourth-order valence-electron chi connectivity index (χ4n) is 2.54. The molecule has 116 valence electrons. The number of nitrogens with zero attached hydrogens (tertiary/aromatic N) is 4. The average Bonchev–Trinajstić information content (AvgIpc) is 3.15. The summed E-state index contributed by atoms with van der Waals surface area (Å²) in [7, 11) is 1.86. The van der Waals surface area contributed by atoms with E-state index in [2.05, 4.69) is 26.2 Å². The molecule has 5 nitrogen and oxygen atoms in total. The summed E-state index contributed by atoms with van der Waals surface area (Å²) in [6.07, 6.45) is 1.05. The molecule has 1 fully saturated rings. The van der Waals surface area contributed by atoms with Gasteiger partial charge in [0.15, 0.2) is 5.69 Å². The van der Waals surface area contributed by atoms with E-state index in [9.17, 15) is 4.79 Å². The van der Waals surface area contributed by atoms with Crippen LogP contribution in [0.1, 0.15) is 22.6 Å². The number of amides is 1. The van der Waals surface area contributed by atoms with Gasteiger partial charge in [-0.05, 0) is 37.3 Å². The number of hydrogen-bond donors (Lipinski definition) is 0. The predicted molar refractivity (Wildman–Crippen MR) is 91.6 cm³/mol.